The Morgan fingerprint density at radius 1 is 1.00 bits per heavy atom. The summed E-state index contributed by atoms with van der Waals surface area (Å²) in [6.07, 6.45) is 0.544. The summed E-state index contributed by atoms with van der Waals surface area (Å²) < 4.78 is 15.2. The molecule has 0 aliphatic heterocycles. The summed E-state index contributed by atoms with van der Waals surface area (Å²) in [6.45, 7) is 0. The van der Waals surface area contributed by atoms with E-state index in [0.717, 1.165) is 22.4 Å². The lowest BCUT2D eigenvalue weighted by molar-refractivity contribution is 0.0936. The minimum atomic E-state index is -0.365. The first-order valence-corrected chi connectivity index (χ1v) is 9.13. The van der Waals surface area contributed by atoms with Crippen molar-refractivity contribution in [1.82, 2.24) is 14.9 Å². The van der Waals surface area contributed by atoms with Crippen LogP contribution in [-0.4, -0.2) is 15.5 Å². The molecule has 3 aromatic carbocycles. The zero-order valence-electron chi connectivity index (χ0n) is 15.5. The number of carbonyl (C=O) groups excluding carboxylic acids is 1. The number of hydrogen-bond acceptors (Lipinski definition) is 2. The fourth-order valence-electron chi connectivity index (χ4n) is 3.34. The summed E-state index contributed by atoms with van der Waals surface area (Å²) in [4.78, 5) is 17.5. The number of imidazole rings is 1. The smallest absolute Gasteiger partial charge is 0.251 e. The minimum Gasteiger partial charge on any atom is -0.345 e. The van der Waals surface area contributed by atoms with Crippen LogP contribution in [0.1, 0.15) is 27.8 Å². The predicted molar refractivity (Wildman–Crippen MR) is 107 cm³/mol. The highest BCUT2D eigenvalue weighted by atomic mass is 19.1. The lowest BCUT2D eigenvalue weighted by atomic mass is 10.0. The maximum absolute atomic E-state index is 13.2. The Morgan fingerprint density at radius 2 is 1.68 bits per heavy atom. The second-order valence-electron chi connectivity index (χ2n) is 6.72. The zero-order chi connectivity index (χ0) is 19.5. The molecule has 140 valence electrons. The van der Waals surface area contributed by atoms with Crippen molar-refractivity contribution in [2.75, 3.05) is 0 Å². The fraction of sp³-hybridized carbons (Fsp3) is 0.130. The van der Waals surface area contributed by atoms with Gasteiger partial charge in [-0.05, 0) is 42.0 Å². The van der Waals surface area contributed by atoms with Gasteiger partial charge in [0.1, 0.15) is 11.6 Å². The molecule has 4 nitrogen and oxygen atoms in total. The minimum absolute atomic E-state index is 0.243. The van der Waals surface area contributed by atoms with Crippen molar-refractivity contribution >= 4 is 16.9 Å². The van der Waals surface area contributed by atoms with E-state index in [0.29, 0.717) is 12.0 Å². The van der Waals surface area contributed by atoms with Crippen molar-refractivity contribution in [1.29, 1.82) is 0 Å². The van der Waals surface area contributed by atoms with E-state index in [9.17, 15) is 9.18 Å². The van der Waals surface area contributed by atoms with Crippen molar-refractivity contribution in [3.63, 3.8) is 0 Å². The van der Waals surface area contributed by atoms with Crippen LogP contribution in [0.25, 0.3) is 11.0 Å². The maximum Gasteiger partial charge on any atom is 0.251 e. The first-order valence-electron chi connectivity index (χ1n) is 9.13. The number of aryl methyl sites for hydroxylation is 1. The van der Waals surface area contributed by atoms with E-state index in [2.05, 4.69) is 9.88 Å². The van der Waals surface area contributed by atoms with Gasteiger partial charge in [-0.25, -0.2) is 9.37 Å². The van der Waals surface area contributed by atoms with Gasteiger partial charge in [0.15, 0.2) is 0 Å². The van der Waals surface area contributed by atoms with Crippen LogP contribution in [0.3, 0.4) is 0 Å². The topological polar surface area (TPSA) is 46.9 Å². The number of nitrogens with one attached hydrogen (secondary N) is 1. The molecule has 0 aliphatic rings. The van der Waals surface area contributed by atoms with Gasteiger partial charge in [0.05, 0.1) is 17.1 Å². The number of hydrogen-bond donors (Lipinski definition) is 1. The van der Waals surface area contributed by atoms with Gasteiger partial charge in [-0.2, -0.15) is 0 Å². The summed E-state index contributed by atoms with van der Waals surface area (Å²) in [5.41, 5.74) is 3.39. The largest absolute Gasteiger partial charge is 0.345 e. The number of nitrogens with zero attached hydrogens (tertiary/aromatic N) is 2. The SMILES string of the molecule is Cn1c(C[C@@H](NC(=O)c2ccc(F)cc2)c2ccccc2)nc2ccccc21. The van der Waals surface area contributed by atoms with Gasteiger partial charge in [0, 0.05) is 19.0 Å². The lowest BCUT2D eigenvalue weighted by Gasteiger charge is -2.19. The maximum atomic E-state index is 13.2. The molecule has 1 amide bonds. The quantitative estimate of drug-likeness (QED) is 0.563. The molecule has 28 heavy (non-hydrogen) atoms. The van der Waals surface area contributed by atoms with Crippen LogP contribution in [0.15, 0.2) is 78.9 Å². The molecule has 5 heteroatoms. The van der Waals surface area contributed by atoms with Crippen LogP contribution >= 0.6 is 0 Å². The number of amides is 1. The fourth-order valence-corrected chi connectivity index (χ4v) is 3.34. The molecule has 0 spiro atoms. The average Bonchev–Trinajstić information content (AvgIpc) is 3.04. The van der Waals surface area contributed by atoms with Crippen LogP contribution in [0, 0.1) is 5.82 Å². The van der Waals surface area contributed by atoms with E-state index >= 15 is 0 Å². The van der Waals surface area contributed by atoms with Crippen molar-refractivity contribution in [3.05, 3.63) is 102 Å². The van der Waals surface area contributed by atoms with Gasteiger partial charge >= 0.3 is 0 Å². The number of para-hydroxylation sites is 2. The van der Waals surface area contributed by atoms with Crippen LogP contribution < -0.4 is 5.32 Å². The number of halogens is 1. The first kappa shape index (κ1) is 17.9. The Hall–Kier alpha value is -3.47. The Labute approximate surface area is 162 Å². The Kier molecular flexibility index (Phi) is 4.89. The highest BCUT2D eigenvalue weighted by Gasteiger charge is 2.19. The third kappa shape index (κ3) is 3.64. The van der Waals surface area contributed by atoms with E-state index < -0.39 is 0 Å². The zero-order valence-corrected chi connectivity index (χ0v) is 15.5. The first-order chi connectivity index (χ1) is 13.6. The number of rotatable bonds is 5. The standard InChI is InChI=1S/C23H20FN3O/c1-27-21-10-6-5-9-19(21)25-22(27)15-20(16-7-3-2-4-8-16)26-23(28)17-11-13-18(24)14-12-17/h2-14,20H,15H2,1H3,(H,26,28)/t20-/m1/s1. The van der Waals surface area contributed by atoms with Gasteiger partial charge < -0.3 is 9.88 Å². The second-order valence-corrected chi connectivity index (χ2v) is 6.72. The highest BCUT2D eigenvalue weighted by molar-refractivity contribution is 5.94. The second kappa shape index (κ2) is 7.64. The van der Waals surface area contributed by atoms with Crippen molar-refractivity contribution < 1.29 is 9.18 Å². The summed E-state index contributed by atoms with van der Waals surface area (Å²) in [5.74, 6) is 0.276. The van der Waals surface area contributed by atoms with Gasteiger partial charge in [-0.15, -0.1) is 0 Å². The summed E-state index contributed by atoms with van der Waals surface area (Å²) >= 11 is 0. The monoisotopic (exact) mass is 373 g/mol. The molecular weight excluding hydrogens is 353 g/mol. The van der Waals surface area contributed by atoms with Crippen LogP contribution in [-0.2, 0) is 13.5 Å². The Balaban J connectivity index is 1.64. The van der Waals surface area contributed by atoms with Gasteiger partial charge in [0.2, 0.25) is 0 Å². The van der Waals surface area contributed by atoms with Gasteiger partial charge in [0.25, 0.3) is 5.91 Å². The predicted octanol–water partition coefficient (Wildman–Crippen LogP) is 4.43. The van der Waals surface area contributed by atoms with E-state index in [1.165, 1.54) is 24.3 Å². The van der Waals surface area contributed by atoms with Gasteiger partial charge in [-0.1, -0.05) is 42.5 Å². The number of fused-ring (bicyclic) bond motifs is 1. The number of aromatic nitrogens is 2. The van der Waals surface area contributed by atoms with E-state index in [1.54, 1.807) is 0 Å². The van der Waals surface area contributed by atoms with Crippen molar-refractivity contribution in [2.45, 2.75) is 12.5 Å². The van der Waals surface area contributed by atoms with Crippen molar-refractivity contribution in [3.8, 4) is 0 Å². The average molecular weight is 373 g/mol. The summed E-state index contributed by atoms with van der Waals surface area (Å²) in [5, 5.41) is 3.07. The summed E-state index contributed by atoms with van der Waals surface area (Å²) in [6, 6.07) is 23.1. The van der Waals surface area contributed by atoms with Crippen LogP contribution in [0.2, 0.25) is 0 Å². The van der Waals surface area contributed by atoms with E-state index in [1.807, 2.05) is 61.6 Å². The molecule has 4 aromatic rings. The number of carbonyl (C=O) groups is 1. The third-order valence-electron chi connectivity index (χ3n) is 4.88. The molecule has 1 N–H and O–H groups in total. The molecule has 4 rings (SSSR count). The molecule has 0 bridgehead atoms. The lowest BCUT2D eigenvalue weighted by Crippen LogP contribution is -2.30. The van der Waals surface area contributed by atoms with Crippen LogP contribution in [0.5, 0.6) is 0 Å². The van der Waals surface area contributed by atoms with E-state index in [4.69, 9.17) is 4.98 Å². The highest BCUT2D eigenvalue weighted by Crippen LogP contribution is 2.22. The van der Waals surface area contributed by atoms with Crippen LogP contribution in [0.4, 0.5) is 4.39 Å². The molecule has 0 radical (unpaired) electrons. The summed E-state index contributed by atoms with van der Waals surface area (Å²) in [7, 11) is 1.98. The third-order valence-corrected chi connectivity index (χ3v) is 4.88. The Morgan fingerprint density at radius 3 is 2.39 bits per heavy atom. The molecular formula is C23H20FN3O. The molecule has 0 aliphatic carbocycles. The molecule has 0 saturated heterocycles. The molecule has 0 unspecified atom stereocenters. The molecule has 1 atom stereocenters. The molecule has 1 heterocycles. The van der Waals surface area contributed by atoms with Crippen molar-refractivity contribution in [2.24, 2.45) is 7.05 Å². The number of benzene rings is 3. The van der Waals surface area contributed by atoms with Gasteiger partial charge in [-0.3, -0.25) is 4.79 Å². The molecule has 1 aromatic heterocycles. The normalized spacial score (nSPS) is 12.1. The molecule has 0 fully saturated rings. The van der Waals surface area contributed by atoms with E-state index in [-0.39, 0.29) is 17.8 Å². The molecule has 0 saturated carbocycles. The Bertz CT molecular complexity index is 1100.